The zero-order chi connectivity index (χ0) is 23.2. The molecule has 33 heavy (non-hydrogen) atoms. The van der Waals surface area contributed by atoms with E-state index in [2.05, 4.69) is 31.2 Å². The molecule has 4 rings (SSSR count). The number of ether oxygens (including phenoxy) is 2. The van der Waals surface area contributed by atoms with Crippen molar-refractivity contribution < 1.29 is 23.3 Å². The molecule has 0 fully saturated rings. The molecule has 0 N–H and O–H groups in total. The van der Waals surface area contributed by atoms with E-state index in [1.54, 1.807) is 13.2 Å². The first-order chi connectivity index (χ1) is 16.1. The van der Waals surface area contributed by atoms with Crippen molar-refractivity contribution in [2.24, 2.45) is 0 Å². The van der Waals surface area contributed by atoms with Gasteiger partial charge in [-0.25, -0.2) is 4.57 Å². The van der Waals surface area contributed by atoms with Crippen molar-refractivity contribution in [3.63, 3.8) is 0 Å². The number of fused-ring (bicyclic) bond motifs is 1. The van der Waals surface area contributed by atoms with Gasteiger partial charge < -0.3 is 13.9 Å². The minimum absolute atomic E-state index is 0.0551. The predicted octanol–water partition coefficient (Wildman–Crippen LogP) is 5.88. The van der Waals surface area contributed by atoms with Gasteiger partial charge in [-0.3, -0.25) is 4.79 Å². The summed E-state index contributed by atoms with van der Waals surface area (Å²) in [5, 5.41) is 0.871. The SMILES string of the molecule is CC(=O)c1c(OCC[n+]2ccccc2)c(OCCC(C)c2ccccc2)c2occc2c1C. The number of ketones is 1. The zero-order valence-electron chi connectivity index (χ0n) is 19.4. The van der Waals surface area contributed by atoms with E-state index in [4.69, 9.17) is 13.9 Å². The lowest BCUT2D eigenvalue weighted by atomic mass is 9.98. The molecule has 0 saturated carbocycles. The lowest BCUT2D eigenvalue weighted by Crippen LogP contribution is -2.35. The summed E-state index contributed by atoms with van der Waals surface area (Å²) in [5.74, 6) is 1.26. The third-order valence-electron chi connectivity index (χ3n) is 5.97. The van der Waals surface area contributed by atoms with Crippen molar-refractivity contribution in [1.82, 2.24) is 0 Å². The van der Waals surface area contributed by atoms with Crippen molar-refractivity contribution in [3.8, 4) is 11.5 Å². The van der Waals surface area contributed by atoms with Crippen LogP contribution in [0.15, 0.2) is 77.7 Å². The number of rotatable bonds is 10. The first-order valence-electron chi connectivity index (χ1n) is 11.4. The summed E-state index contributed by atoms with van der Waals surface area (Å²) in [5.41, 5.74) is 3.29. The number of furan rings is 1. The lowest BCUT2D eigenvalue weighted by Gasteiger charge is -2.19. The molecule has 0 aliphatic rings. The lowest BCUT2D eigenvalue weighted by molar-refractivity contribution is -0.697. The second-order valence-corrected chi connectivity index (χ2v) is 8.29. The molecule has 0 aliphatic heterocycles. The Balaban J connectivity index is 1.60. The van der Waals surface area contributed by atoms with Crippen molar-refractivity contribution >= 4 is 16.8 Å². The van der Waals surface area contributed by atoms with Gasteiger partial charge in [0.2, 0.25) is 5.75 Å². The van der Waals surface area contributed by atoms with E-state index >= 15 is 0 Å². The number of carbonyl (C=O) groups excluding carboxylic acids is 1. The zero-order valence-corrected chi connectivity index (χ0v) is 19.4. The van der Waals surface area contributed by atoms with Gasteiger partial charge in [-0.15, -0.1) is 0 Å². The summed E-state index contributed by atoms with van der Waals surface area (Å²) in [4.78, 5) is 12.6. The maximum absolute atomic E-state index is 12.6. The molecule has 0 radical (unpaired) electrons. The predicted molar refractivity (Wildman–Crippen MR) is 128 cm³/mol. The number of hydrogen-bond donors (Lipinski definition) is 0. The Hall–Kier alpha value is -3.60. The smallest absolute Gasteiger partial charge is 0.205 e. The number of aryl methyl sites for hydroxylation is 1. The number of aromatic nitrogens is 1. The van der Waals surface area contributed by atoms with Crippen LogP contribution in [0.25, 0.3) is 11.0 Å². The van der Waals surface area contributed by atoms with Crippen LogP contribution < -0.4 is 14.0 Å². The van der Waals surface area contributed by atoms with Gasteiger partial charge in [0.15, 0.2) is 36.1 Å². The molecule has 1 atom stereocenters. The Morgan fingerprint density at radius 1 is 0.970 bits per heavy atom. The maximum Gasteiger partial charge on any atom is 0.205 e. The molecule has 0 amide bonds. The molecule has 0 spiro atoms. The van der Waals surface area contributed by atoms with E-state index in [1.807, 2.05) is 54.2 Å². The highest BCUT2D eigenvalue weighted by atomic mass is 16.5. The summed E-state index contributed by atoms with van der Waals surface area (Å²) in [6.07, 6.45) is 6.43. The molecule has 5 nitrogen and oxygen atoms in total. The highest BCUT2D eigenvalue weighted by Crippen LogP contribution is 2.43. The average Bonchev–Trinajstić information content (AvgIpc) is 3.32. The molecule has 2 aromatic heterocycles. The molecule has 5 heteroatoms. The Morgan fingerprint density at radius 3 is 2.39 bits per heavy atom. The molecule has 4 aromatic rings. The monoisotopic (exact) mass is 444 g/mol. The third kappa shape index (κ3) is 5.08. The Morgan fingerprint density at radius 2 is 1.67 bits per heavy atom. The van der Waals surface area contributed by atoms with Crippen LogP contribution in [0.3, 0.4) is 0 Å². The van der Waals surface area contributed by atoms with Crippen LogP contribution in [-0.4, -0.2) is 19.0 Å². The Kier molecular flexibility index (Phi) is 7.08. The summed E-state index contributed by atoms with van der Waals surface area (Å²) in [6.45, 7) is 7.21. The molecular weight excluding hydrogens is 414 g/mol. The maximum atomic E-state index is 12.6. The van der Waals surface area contributed by atoms with Gasteiger partial charge in [0.05, 0.1) is 18.4 Å². The molecule has 170 valence electrons. The molecular formula is C28H30NO4+. The van der Waals surface area contributed by atoms with Gasteiger partial charge in [-0.05, 0) is 43.4 Å². The fraction of sp³-hybridized carbons (Fsp3) is 0.286. The van der Waals surface area contributed by atoms with Crippen LogP contribution in [0.5, 0.6) is 11.5 Å². The van der Waals surface area contributed by atoms with E-state index in [1.165, 1.54) is 5.56 Å². The first-order valence-corrected chi connectivity index (χ1v) is 11.4. The second kappa shape index (κ2) is 10.3. The quantitative estimate of drug-likeness (QED) is 0.226. The molecule has 1 unspecified atom stereocenters. The van der Waals surface area contributed by atoms with Gasteiger partial charge in [-0.2, -0.15) is 0 Å². The molecule has 2 heterocycles. The van der Waals surface area contributed by atoms with Crippen molar-refractivity contribution in [2.75, 3.05) is 13.2 Å². The minimum Gasteiger partial charge on any atom is -0.486 e. The van der Waals surface area contributed by atoms with Crippen molar-refractivity contribution in [1.29, 1.82) is 0 Å². The topological polar surface area (TPSA) is 52.5 Å². The van der Waals surface area contributed by atoms with E-state index < -0.39 is 0 Å². The number of Topliss-reactive ketones (excluding diaryl/α,β-unsaturated/α-hetero) is 1. The molecule has 2 aromatic carbocycles. The van der Waals surface area contributed by atoms with Crippen molar-refractivity contribution in [3.05, 3.63) is 89.9 Å². The van der Waals surface area contributed by atoms with E-state index in [0.717, 1.165) is 17.4 Å². The fourth-order valence-corrected chi connectivity index (χ4v) is 4.12. The number of carbonyl (C=O) groups is 1. The largest absolute Gasteiger partial charge is 0.486 e. The summed E-state index contributed by atoms with van der Waals surface area (Å²) < 4.78 is 20.3. The normalized spacial score (nSPS) is 12.0. The molecule has 0 bridgehead atoms. The van der Waals surface area contributed by atoms with Crippen LogP contribution in [0.1, 0.15) is 47.7 Å². The van der Waals surface area contributed by atoms with Crippen LogP contribution >= 0.6 is 0 Å². The van der Waals surface area contributed by atoms with E-state index in [-0.39, 0.29) is 5.78 Å². The highest BCUT2D eigenvalue weighted by molar-refractivity contribution is 6.05. The highest BCUT2D eigenvalue weighted by Gasteiger charge is 2.25. The van der Waals surface area contributed by atoms with Crippen LogP contribution in [0.2, 0.25) is 0 Å². The first kappa shape index (κ1) is 22.6. The van der Waals surface area contributed by atoms with E-state index in [9.17, 15) is 4.79 Å². The van der Waals surface area contributed by atoms with Gasteiger partial charge >= 0.3 is 0 Å². The van der Waals surface area contributed by atoms with Crippen molar-refractivity contribution in [2.45, 2.75) is 39.7 Å². The number of pyridine rings is 1. The summed E-state index contributed by atoms with van der Waals surface area (Å²) in [7, 11) is 0. The number of hydrogen-bond acceptors (Lipinski definition) is 4. The van der Waals surface area contributed by atoms with Gasteiger partial charge in [0.1, 0.15) is 6.61 Å². The van der Waals surface area contributed by atoms with Gasteiger partial charge in [0, 0.05) is 17.5 Å². The number of nitrogens with zero attached hydrogens (tertiary/aromatic N) is 1. The fourth-order valence-electron chi connectivity index (χ4n) is 4.12. The Labute approximate surface area is 194 Å². The molecule has 0 aliphatic carbocycles. The summed E-state index contributed by atoms with van der Waals surface area (Å²) in [6, 6.07) is 18.2. The summed E-state index contributed by atoms with van der Waals surface area (Å²) >= 11 is 0. The average molecular weight is 445 g/mol. The van der Waals surface area contributed by atoms with Gasteiger partial charge in [-0.1, -0.05) is 43.3 Å². The van der Waals surface area contributed by atoms with Gasteiger partial charge in [0.25, 0.3) is 0 Å². The minimum atomic E-state index is -0.0551. The molecule has 0 saturated heterocycles. The van der Waals surface area contributed by atoms with Crippen LogP contribution in [-0.2, 0) is 6.54 Å². The van der Waals surface area contributed by atoms with E-state index in [0.29, 0.717) is 48.3 Å². The third-order valence-corrected chi connectivity index (χ3v) is 5.97. The van der Waals surface area contributed by atoms with Crippen LogP contribution in [0.4, 0.5) is 0 Å². The standard InChI is InChI=1S/C28H30NO4/c1-20(23-10-6-4-7-11-23)12-17-32-28-26-24(13-18-31-26)21(2)25(22(3)30)27(28)33-19-16-29-14-8-5-9-15-29/h4-11,13-15,18,20H,12,16-17,19H2,1-3H3/q+1. The second-order valence-electron chi connectivity index (χ2n) is 8.29. The number of benzene rings is 2. The Bertz CT molecular complexity index is 1220. The van der Waals surface area contributed by atoms with Crippen LogP contribution in [0, 0.1) is 6.92 Å².